The number of halogens is 2. The molecule has 0 fully saturated rings. The van der Waals surface area contributed by atoms with Crippen molar-refractivity contribution in [3.8, 4) is 0 Å². The van der Waals surface area contributed by atoms with E-state index in [1.165, 1.54) is 6.07 Å². The smallest absolute Gasteiger partial charge is 0.287 e. The molecular formula is C19H14F2N4O3. The number of rotatable bonds is 3. The van der Waals surface area contributed by atoms with Gasteiger partial charge in [-0.05, 0) is 24.6 Å². The number of para-hydroxylation sites is 1. The first-order valence-electron chi connectivity index (χ1n) is 8.51. The highest BCUT2D eigenvalue weighted by Crippen LogP contribution is 2.29. The largest absolute Gasteiger partial charge is 0.345 e. The average molecular weight is 384 g/mol. The molecular weight excluding hydrogens is 370 g/mol. The Morgan fingerprint density at radius 1 is 1.14 bits per heavy atom. The summed E-state index contributed by atoms with van der Waals surface area (Å²) in [5.41, 5.74) is 0.0221. The Labute approximate surface area is 156 Å². The second-order valence-corrected chi connectivity index (χ2v) is 6.35. The number of carbonyl (C=O) groups is 2. The maximum absolute atomic E-state index is 14.3. The second kappa shape index (κ2) is 6.84. The topological polar surface area (TPSA) is 104 Å². The monoisotopic (exact) mass is 384 g/mol. The minimum atomic E-state index is -1.09. The Morgan fingerprint density at radius 2 is 1.93 bits per heavy atom. The number of amides is 2. The van der Waals surface area contributed by atoms with Gasteiger partial charge in [0, 0.05) is 29.8 Å². The highest BCUT2D eigenvalue weighted by Gasteiger charge is 2.24. The van der Waals surface area contributed by atoms with Gasteiger partial charge in [-0.25, -0.2) is 13.8 Å². The normalized spacial score (nSPS) is 13.1. The first kappa shape index (κ1) is 17.8. The minimum Gasteiger partial charge on any atom is -0.345 e. The molecule has 1 aliphatic rings. The van der Waals surface area contributed by atoms with Gasteiger partial charge in [0.25, 0.3) is 11.5 Å². The number of nitrogens with one attached hydrogen (secondary N) is 3. The van der Waals surface area contributed by atoms with E-state index >= 15 is 0 Å². The van der Waals surface area contributed by atoms with E-state index < -0.39 is 23.1 Å². The van der Waals surface area contributed by atoms with Crippen LogP contribution in [-0.4, -0.2) is 21.8 Å². The van der Waals surface area contributed by atoms with Crippen molar-refractivity contribution in [3.63, 3.8) is 0 Å². The molecule has 2 amide bonds. The molecule has 0 bridgehead atoms. The van der Waals surface area contributed by atoms with Crippen molar-refractivity contribution in [1.82, 2.24) is 15.3 Å². The van der Waals surface area contributed by atoms with Crippen LogP contribution in [0.15, 0.2) is 35.1 Å². The molecule has 4 rings (SSSR count). The molecule has 0 radical (unpaired) electrons. The van der Waals surface area contributed by atoms with Crippen LogP contribution in [0.2, 0.25) is 0 Å². The molecule has 0 spiro atoms. The summed E-state index contributed by atoms with van der Waals surface area (Å²) in [6.07, 6.45) is 0.194. The van der Waals surface area contributed by atoms with Gasteiger partial charge in [-0.2, -0.15) is 0 Å². The molecule has 0 aliphatic carbocycles. The summed E-state index contributed by atoms with van der Waals surface area (Å²) in [5, 5.41) is 5.23. The summed E-state index contributed by atoms with van der Waals surface area (Å²) in [6, 6.07) is 7.80. The number of aromatic amines is 1. The summed E-state index contributed by atoms with van der Waals surface area (Å²) in [7, 11) is 0. The van der Waals surface area contributed by atoms with Crippen LogP contribution < -0.4 is 16.2 Å². The molecule has 0 atom stereocenters. The first-order chi connectivity index (χ1) is 13.4. The molecule has 28 heavy (non-hydrogen) atoms. The Bertz CT molecular complexity index is 1190. The fourth-order valence-electron chi connectivity index (χ4n) is 3.11. The lowest BCUT2D eigenvalue weighted by Crippen LogP contribution is -2.28. The van der Waals surface area contributed by atoms with Crippen LogP contribution in [0.25, 0.3) is 10.9 Å². The van der Waals surface area contributed by atoms with Gasteiger partial charge in [-0.15, -0.1) is 0 Å². The SMILES string of the molecule is O=C1CCc2c(cc(CNC(=O)c3nc4ccccc4c(=O)[nH]3)c(F)c2F)N1. The van der Waals surface area contributed by atoms with E-state index in [1.807, 2.05) is 0 Å². The third kappa shape index (κ3) is 3.11. The van der Waals surface area contributed by atoms with Crippen molar-refractivity contribution in [2.75, 3.05) is 5.32 Å². The number of benzene rings is 2. The summed E-state index contributed by atoms with van der Waals surface area (Å²) in [4.78, 5) is 42.3. The molecule has 3 N–H and O–H groups in total. The van der Waals surface area contributed by atoms with Gasteiger partial charge >= 0.3 is 0 Å². The van der Waals surface area contributed by atoms with E-state index in [-0.39, 0.29) is 47.9 Å². The van der Waals surface area contributed by atoms with Crippen molar-refractivity contribution < 1.29 is 18.4 Å². The molecule has 2 heterocycles. The number of nitrogens with zero attached hydrogens (tertiary/aromatic N) is 1. The fraction of sp³-hybridized carbons (Fsp3) is 0.158. The Hall–Kier alpha value is -3.62. The summed E-state index contributed by atoms with van der Waals surface area (Å²) in [6.45, 7) is -0.346. The number of hydrogen-bond donors (Lipinski definition) is 3. The van der Waals surface area contributed by atoms with Crippen LogP contribution in [0.1, 0.15) is 28.2 Å². The van der Waals surface area contributed by atoms with Crippen molar-refractivity contribution >= 4 is 28.4 Å². The number of carbonyl (C=O) groups excluding carboxylic acids is 2. The van der Waals surface area contributed by atoms with Gasteiger partial charge < -0.3 is 15.6 Å². The molecule has 0 saturated heterocycles. The molecule has 0 saturated carbocycles. The van der Waals surface area contributed by atoms with Gasteiger partial charge in [-0.1, -0.05) is 12.1 Å². The van der Waals surface area contributed by atoms with E-state index in [4.69, 9.17) is 0 Å². The molecule has 0 unspecified atom stereocenters. The number of aromatic nitrogens is 2. The quantitative estimate of drug-likeness (QED) is 0.643. The number of H-pyrrole nitrogens is 1. The highest BCUT2D eigenvalue weighted by molar-refractivity contribution is 5.94. The Balaban J connectivity index is 1.59. The summed E-state index contributed by atoms with van der Waals surface area (Å²) < 4.78 is 28.5. The third-order valence-corrected chi connectivity index (χ3v) is 4.53. The fourth-order valence-corrected chi connectivity index (χ4v) is 3.11. The Morgan fingerprint density at radius 3 is 2.75 bits per heavy atom. The number of hydrogen-bond acceptors (Lipinski definition) is 4. The van der Waals surface area contributed by atoms with Gasteiger partial charge in [0.05, 0.1) is 10.9 Å². The maximum atomic E-state index is 14.3. The molecule has 3 aromatic rings. The van der Waals surface area contributed by atoms with Crippen molar-refractivity contribution in [2.24, 2.45) is 0 Å². The standard InChI is InChI=1S/C19H14F2N4O3/c20-15-9(7-13-10(16(15)21)5-6-14(26)23-13)8-22-19(28)17-24-12-4-2-1-3-11(12)18(27)25-17/h1-4,7H,5-6,8H2,(H,22,28)(H,23,26)(H,24,25,27). The maximum Gasteiger partial charge on any atom is 0.287 e. The second-order valence-electron chi connectivity index (χ2n) is 6.35. The van der Waals surface area contributed by atoms with E-state index in [1.54, 1.807) is 24.3 Å². The summed E-state index contributed by atoms with van der Waals surface area (Å²) >= 11 is 0. The zero-order chi connectivity index (χ0) is 19.8. The molecule has 142 valence electrons. The first-order valence-corrected chi connectivity index (χ1v) is 8.51. The van der Waals surface area contributed by atoms with Gasteiger partial charge in [0.1, 0.15) is 0 Å². The Kier molecular flexibility index (Phi) is 4.34. The van der Waals surface area contributed by atoms with Gasteiger partial charge in [0.2, 0.25) is 5.91 Å². The predicted octanol–water partition coefficient (Wildman–Crippen LogP) is 2.02. The van der Waals surface area contributed by atoms with Crippen LogP contribution in [-0.2, 0) is 17.8 Å². The lowest BCUT2D eigenvalue weighted by molar-refractivity contribution is -0.116. The van der Waals surface area contributed by atoms with Crippen molar-refractivity contribution in [1.29, 1.82) is 0 Å². The van der Waals surface area contributed by atoms with E-state index in [9.17, 15) is 23.2 Å². The van der Waals surface area contributed by atoms with Crippen LogP contribution in [0.4, 0.5) is 14.5 Å². The molecule has 1 aromatic heterocycles. The van der Waals surface area contributed by atoms with Crippen LogP contribution >= 0.6 is 0 Å². The van der Waals surface area contributed by atoms with E-state index in [0.717, 1.165) is 0 Å². The predicted molar refractivity (Wildman–Crippen MR) is 96.8 cm³/mol. The molecule has 9 heteroatoms. The lowest BCUT2D eigenvalue weighted by atomic mass is 9.99. The average Bonchev–Trinajstić information content (AvgIpc) is 2.69. The van der Waals surface area contributed by atoms with Crippen molar-refractivity contribution in [3.05, 3.63) is 69.3 Å². The van der Waals surface area contributed by atoms with Crippen LogP contribution in [0, 0.1) is 11.6 Å². The van der Waals surface area contributed by atoms with E-state index in [0.29, 0.717) is 10.9 Å². The minimum absolute atomic E-state index is 0.0838. The summed E-state index contributed by atoms with van der Waals surface area (Å²) in [5.74, 6) is -3.40. The molecule has 2 aromatic carbocycles. The van der Waals surface area contributed by atoms with Crippen molar-refractivity contribution in [2.45, 2.75) is 19.4 Å². The number of anilines is 1. The third-order valence-electron chi connectivity index (χ3n) is 4.53. The van der Waals surface area contributed by atoms with Crippen LogP contribution in [0.5, 0.6) is 0 Å². The zero-order valence-electron chi connectivity index (χ0n) is 14.4. The highest BCUT2D eigenvalue weighted by atomic mass is 19.2. The van der Waals surface area contributed by atoms with Crippen LogP contribution in [0.3, 0.4) is 0 Å². The number of fused-ring (bicyclic) bond motifs is 2. The van der Waals surface area contributed by atoms with Gasteiger partial charge in [-0.3, -0.25) is 14.4 Å². The lowest BCUT2D eigenvalue weighted by Gasteiger charge is -2.19. The zero-order valence-corrected chi connectivity index (χ0v) is 14.4. The van der Waals surface area contributed by atoms with E-state index in [2.05, 4.69) is 20.6 Å². The molecule has 7 nitrogen and oxygen atoms in total. The van der Waals surface area contributed by atoms with Gasteiger partial charge in [0.15, 0.2) is 17.5 Å². The molecule has 1 aliphatic heterocycles.